The Hall–Kier alpha value is -3.02. The van der Waals surface area contributed by atoms with Crippen LogP contribution in [0.15, 0.2) is 42.5 Å². The van der Waals surface area contributed by atoms with Gasteiger partial charge in [0, 0.05) is 6.42 Å². The summed E-state index contributed by atoms with van der Waals surface area (Å²) in [5.41, 5.74) is 2.65. The molecular formula is C28H33NO5. The number of benzene rings is 2. The summed E-state index contributed by atoms with van der Waals surface area (Å²) in [4.78, 5) is 25.9. The summed E-state index contributed by atoms with van der Waals surface area (Å²) in [6.07, 6.45) is 7.96. The Kier molecular flexibility index (Phi) is 6.00. The van der Waals surface area contributed by atoms with Crippen LogP contribution in [-0.2, 0) is 21.4 Å². The molecule has 0 aromatic heterocycles. The molecule has 6 heteroatoms. The molecule has 4 aliphatic rings. The number of esters is 1. The number of rotatable bonds is 7. The molecule has 2 aromatic carbocycles. The highest BCUT2D eigenvalue weighted by atomic mass is 16.5. The first kappa shape index (κ1) is 22.8. The highest BCUT2D eigenvalue weighted by Crippen LogP contribution is 2.60. The number of amides is 1. The monoisotopic (exact) mass is 463 g/mol. The van der Waals surface area contributed by atoms with Gasteiger partial charge in [-0.3, -0.25) is 4.79 Å². The first-order valence-corrected chi connectivity index (χ1v) is 12.2. The molecule has 2 aromatic rings. The number of nitrogens with one attached hydrogen (secondary N) is 1. The van der Waals surface area contributed by atoms with E-state index in [9.17, 15) is 14.7 Å². The number of aromatic hydroxyl groups is 1. The smallest absolute Gasteiger partial charge is 0.328 e. The van der Waals surface area contributed by atoms with Crippen LogP contribution in [0.1, 0.15) is 60.0 Å². The lowest BCUT2D eigenvalue weighted by Crippen LogP contribution is -2.48. The Morgan fingerprint density at radius 2 is 1.62 bits per heavy atom. The molecule has 0 heterocycles. The lowest BCUT2D eigenvalue weighted by atomic mass is 9.48. The van der Waals surface area contributed by atoms with Crippen molar-refractivity contribution in [3.63, 3.8) is 0 Å². The number of phenols is 1. The number of ether oxygens (including phenoxy) is 2. The molecule has 4 aliphatic carbocycles. The number of hydrogen-bond donors (Lipinski definition) is 2. The van der Waals surface area contributed by atoms with Crippen LogP contribution in [0.25, 0.3) is 0 Å². The van der Waals surface area contributed by atoms with E-state index >= 15 is 0 Å². The van der Waals surface area contributed by atoms with Crippen molar-refractivity contribution in [2.24, 2.45) is 17.8 Å². The van der Waals surface area contributed by atoms with Crippen LogP contribution in [-0.4, -0.2) is 37.2 Å². The molecule has 0 saturated heterocycles. The van der Waals surface area contributed by atoms with Crippen molar-refractivity contribution in [1.82, 2.24) is 5.32 Å². The molecular weight excluding hydrogens is 430 g/mol. The van der Waals surface area contributed by atoms with E-state index in [1.165, 1.54) is 51.2 Å². The van der Waals surface area contributed by atoms with E-state index in [2.05, 4.69) is 11.4 Å². The fourth-order valence-corrected chi connectivity index (χ4v) is 7.12. The Balaban J connectivity index is 1.41. The van der Waals surface area contributed by atoms with E-state index in [4.69, 9.17) is 9.47 Å². The van der Waals surface area contributed by atoms with Gasteiger partial charge in [-0.2, -0.15) is 0 Å². The fourth-order valence-electron chi connectivity index (χ4n) is 7.12. The molecule has 180 valence electrons. The van der Waals surface area contributed by atoms with Crippen molar-refractivity contribution < 1.29 is 24.2 Å². The van der Waals surface area contributed by atoms with Crippen molar-refractivity contribution in [2.75, 3.05) is 14.2 Å². The van der Waals surface area contributed by atoms with E-state index in [-0.39, 0.29) is 23.5 Å². The molecule has 0 radical (unpaired) electrons. The van der Waals surface area contributed by atoms with Crippen molar-refractivity contribution in [3.05, 3.63) is 59.2 Å². The third-order valence-electron chi connectivity index (χ3n) is 8.26. The average Bonchev–Trinajstić information content (AvgIpc) is 2.83. The summed E-state index contributed by atoms with van der Waals surface area (Å²) in [5.74, 6) is 2.20. The summed E-state index contributed by atoms with van der Waals surface area (Å²) in [7, 11) is 2.87. The molecule has 2 N–H and O–H groups in total. The maximum absolute atomic E-state index is 13.4. The van der Waals surface area contributed by atoms with E-state index in [0.29, 0.717) is 11.3 Å². The number of methoxy groups -OCH3 is 2. The minimum atomic E-state index is -0.852. The lowest BCUT2D eigenvalue weighted by molar-refractivity contribution is -0.142. The summed E-state index contributed by atoms with van der Waals surface area (Å²) in [6.45, 7) is 0. The van der Waals surface area contributed by atoms with Crippen LogP contribution in [0.4, 0.5) is 0 Å². The SMILES string of the molecule is COC(=O)C(Cc1ccc(O)cc1)NC(=O)c1cc(C23CC4CC(CC(C4)C2)C3)ccc1OC. The number of carbonyl (C=O) groups excluding carboxylic acids is 2. The third-order valence-corrected chi connectivity index (χ3v) is 8.26. The molecule has 1 atom stereocenters. The van der Waals surface area contributed by atoms with E-state index in [1.54, 1.807) is 31.4 Å². The van der Waals surface area contributed by atoms with Crippen molar-refractivity contribution >= 4 is 11.9 Å². The minimum absolute atomic E-state index is 0.147. The van der Waals surface area contributed by atoms with Gasteiger partial charge in [-0.15, -0.1) is 0 Å². The van der Waals surface area contributed by atoms with E-state index in [1.807, 2.05) is 12.1 Å². The molecule has 1 amide bonds. The van der Waals surface area contributed by atoms with Gasteiger partial charge in [-0.25, -0.2) is 4.79 Å². The Bertz CT molecular complexity index is 1040. The number of carbonyl (C=O) groups is 2. The molecule has 0 aliphatic heterocycles. The molecule has 0 spiro atoms. The van der Waals surface area contributed by atoms with Gasteiger partial charge in [0.25, 0.3) is 5.91 Å². The second kappa shape index (κ2) is 8.97. The molecule has 4 fully saturated rings. The average molecular weight is 464 g/mol. The van der Waals surface area contributed by atoms with Crippen molar-refractivity contribution in [1.29, 1.82) is 0 Å². The first-order valence-electron chi connectivity index (χ1n) is 12.2. The summed E-state index contributed by atoms with van der Waals surface area (Å²) >= 11 is 0. The molecule has 34 heavy (non-hydrogen) atoms. The van der Waals surface area contributed by atoms with Gasteiger partial charge in [0.05, 0.1) is 19.8 Å². The fraction of sp³-hybridized carbons (Fsp3) is 0.500. The lowest BCUT2D eigenvalue weighted by Gasteiger charge is -2.57. The highest BCUT2D eigenvalue weighted by Gasteiger charge is 2.51. The summed E-state index contributed by atoms with van der Waals surface area (Å²) in [5, 5.41) is 12.4. The molecule has 1 unspecified atom stereocenters. The minimum Gasteiger partial charge on any atom is -0.508 e. The third kappa shape index (κ3) is 4.26. The zero-order valence-electron chi connectivity index (χ0n) is 19.9. The van der Waals surface area contributed by atoms with Gasteiger partial charge in [-0.05, 0) is 97.1 Å². The van der Waals surface area contributed by atoms with Gasteiger partial charge < -0.3 is 19.9 Å². The normalized spacial score (nSPS) is 27.8. The van der Waals surface area contributed by atoms with Crippen LogP contribution >= 0.6 is 0 Å². The van der Waals surface area contributed by atoms with Crippen molar-refractivity contribution in [3.8, 4) is 11.5 Å². The second-order valence-corrected chi connectivity index (χ2v) is 10.5. The van der Waals surface area contributed by atoms with Gasteiger partial charge in [0.2, 0.25) is 0 Å². The maximum atomic E-state index is 13.4. The highest BCUT2D eigenvalue weighted by molar-refractivity contribution is 5.99. The van der Waals surface area contributed by atoms with Crippen LogP contribution in [0.2, 0.25) is 0 Å². The van der Waals surface area contributed by atoms with E-state index < -0.39 is 12.0 Å². The summed E-state index contributed by atoms with van der Waals surface area (Å²) < 4.78 is 10.5. The molecule has 6 nitrogen and oxygen atoms in total. The first-order chi connectivity index (χ1) is 16.4. The van der Waals surface area contributed by atoms with Gasteiger partial charge in [0.1, 0.15) is 17.5 Å². The molecule has 4 saturated carbocycles. The maximum Gasteiger partial charge on any atom is 0.328 e. The van der Waals surface area contributed by atoms with E-state index in [0.717, 1.165) is 23.3 Å². The number of phenolic OH excluding ortho intramolecular Hbond substituents is 1. The van der Waals surface area contributed by atoms with Gasteiger partial charge in [-0.1, -0.05) is 18.2 Å². The largest absolute Gasteiger partial charge is 0.508 e. The van der Waals surface area contributed by atoms with Crippen LogP contribution in [0, 0.1) is 17.8 Å². The molecule has 4 bridgehead atoms. The Labute approximate surface area is 200 Å². The van der Waals surface area contributed by atoms with Crippen LogP contribution in [0.3, 0.4) is 0 Å². The van der Waals surface area contributed by atoms with Gasteiger partial charge >= 0.3 is 5.97 Å². The quantitative estimate of drug-likeness (QED) is 0.595. The van der Waals surface area contributed by atoms with Gasteiger partial charge in [0.15, 0.2) is 0 Å². The zero-order chi connectivity index (χ0) is 23.9. The predicted octanol–water partition coefficient (Wildman–Crippen LogP) is 4.38. The second-order valence-electron chi connectivity index (χ2n) is 10.5. The van der Waals surface area contributed by atoms with Crippen molar-refractivity contribution in [2.45, 2.75) is 56.4 Å². The number of hydrogen-bond acceptors (Lipinski definition) is 5. The molecule has 6 rings (SSSR count). The zero-order valence-corrected chi connectivity index (χ0v) is 19.9. The Morgan fingerprint density at radius 1 is 1.00 bits per heavy atom. The topological polar surface area (TPSA) is 84.9 Å². The van der Waals surface area contributed by atoms with Crippen LogP contribution < -0.4 is 10.1 Å². The standard InChI is InChI=1S/C28H33NO5/c1-33-25-8-5-21(28-14-18-9-19(15-28)11-20(10-18)16-28)13-23(25)26(31)29-24(27(32)34-2)12-17-3-6-22(30)7-4-17/h3-8,13,18-20,24,30H,9-12,14-16H2,1-2H3,(H,29,31). The Morgan fingerprint density at radius 3 is 2.18 bits per heavy atom. The van der Waals surface area contributed by atoms with Crippen LogP contribution in [0.5, 0.6) is 11.5 Å². The summed E-state index contributed by atoms with van der Waals surface area (Å²) in [6, 6.07) is 11.8. The predicted molar refractivity (Wildman–Crippen MR) is 128 cm³/mol.